The first-order valence-electron chi connectivity index (χ1n) is 8.28. The Bertz CT molecular complexity index is 889. The van der Waals surface area contributed by atoms with Gasteiger partial charge < -0.3 is 15.5 Å². The van der Waals surface area contributed by atoms with Crippen LogP contribution in [0.4, 0.5) is 22.9 Å². The van der Waals surface area contributed by atoms with E-state index in [1.807, 2.05) is 74.4 Å². The molecule has 0 unspecified atom stereocenters. The van der Waals surface area contributed by atoms with Crippen LogP contribution in [0.15, 0.2) is 60.7 Å². The summed E-state index contributed by atoms with van der Waals surface area (Å²) in [5.74, 6) is 0.295. The second-order valence-electron chi connectivity index (χ2n) is 6.14. The monoisotopic (exact) mass is 347 g/mol. The molecule has 2 aromatic carbocycles. The third-order valence-electron chi connectivity index (χ3n) is 3.95. The van der Waals surface area contributed by atoms with Gasteiger partial charge in [0.05, 0.1) is 0 Å². The number of carbonyl (C=O) groups is 1. The maximum atomic E-state index is 12.3. The van der Waals surface area contributed by atoms with Crippen LogP contribution in [0.1, 0.15) is 16.1 Å². The fourth-order valence-electron chi connectivity index (χ4n) is 2.41. The van der Waals surface area contributed by atoms with Crippen LogP contribution in [0.2, 0.25) is 0 Å². The van der Waals surface area contributed by atoms with Gasteiger partial charge in [0.1, 0.15) is 0 Å². The third-order valence-corrected chi connectivity index (χ3v) is 3.95. The van der Waals surface area contributed by atoms with Crippen molar-refractivity contribution in [2.24, 2.45) is 0 Å². The Morgan fingerprint density at radius 1 is 0.923 bits per heavy atom. The fourth-order valence-corrected chi connectivity index (χ4v) is 2.41. The highest BCUT2D eigenvalue weighted by atomic mass is 16.1. The zero-order chi connectivity index (χ0) is 18.5. The molecule has 0 aliphatic rings. The molecule has 0 aliphatic carbocycles. The van der Waals surface area contributed by atoms with Crippen LogP contribution in [0.5, 0.6) is 0 Å². The fraction of sp³-hybridized carbons (Fsp3) is 0.150. The predicted molar refractivity (Wildman–Crippen MR) is 105 cm³/mol. The van der Waals surface area contributed by atoms with E-state index < -0.39 is 0 Å². The minimum atomic E-state index is -0.294. The van der Waals surface area contributed by atoms with Crippen molar-refractivity contribution in [3.05, 3.63) is 71.9 Å². The summed E-state index contributed by atoms with van der Waals surface area (Å²) >= 11 is 0. The van der Waals surface area contributed by atoms with Crippen LogP contribution >= 0.6 is 0 Å². The van der Waals surface area contributed by atoms with Crippen LogP contribution < -0.4 is 15.5 Å². The van der Waals surface area contributed by atoms with Gasteiger partial charge in [-0.25, -0.2) is 0 Å². The van der Waals surface area contributed by atoms with E-state index in [2.05, 4.69) is 20.8 Å². The van der Waals surface area contributed by atoms with Crippen LogP contribution in [-0.2, 0) is 0 Å². The van der Waals surface area contributed by atoms with Gasteiger partial charge in [0.25, 0.3) is 5.91 Å². The Balaban J connectivity index is 1.66. The molecule has 0 bridgehead atoms. The van der Waals surface area contributed by atoms with Gasteiger partial charge >= 0.3 is 0 Å². The Kier molecular flexibility index (Phi) is 5.12. The normalized spacial score (nSPS) is 10.3. The molecular weight excluding hydrogens is 326 g/mol. The number of benzene rings is 2. The van der Waals surface area contributed by atoms with E-state index in [-0.39, 0.29) is 11.6 Å². The molecule has 6 nitrogen and oxygen atoms in total. The Hall–Kier alpha value is -3.41. The number of rotatable bonds is 5. The van der Waals surface area contributed by atoms with E-state index in [9.17, 15) is 4.79 Å². The quantitative estimate of drug-likeness (QED) is 0.734. The molecule has 3 aromatic rings. The maximum absolute atomic E-state index is 12.3. The first kappa shape index (κ1) is 17.4. The summed E-state index contributed by atoms with van der Waals surface area (Å²) in [6.07, 6.45) is 0. The number of aromatic nitrogens is 2. The lowest BCUT2D eigenvalue weighted by molar-refractivity contribution is 0.102. The van der Waals surface area contributed by atoms with Gasteiger partial charge in [-0.3, -0.25) is 4.79 Å². The highest BCUT2D eigenvalue weighted by Crippen LogP contribution is 2.19. The number of hydrogen-bond acceptors (Lipinski definition) is 5. The predicted octanol–water partition coefficient (Wildman–Crippen LogP) is 3.85. The van der Waals surface area contributed by atoms with Crippen molar-refractivity contribution in [3.8, 4) is 0 Å². The molecule has 0 radical (unpaired) electrons. The Morgan fingerprint density at radius 2 is 1.65 bits per heavy atom. The van der Waals surface area contributed by atoms with Crippen molar-refractivity contribution in [2.75, 3.05) is 29.6 Å². The lowest BCUT2D eigenvalue weighted by Gasteiger charge is -2.13. The molecule has 3 rings (SSSR count). The van der Waals surface area contributed by atoms with Gasteiger partial charge in [-0.2, -0.15) is 0 Å². The van der Waals surface area contributed by atoms with Crippen molar-refractivity contribution >= 4 is 28.8 Å². The first-order valence-corrected chi connectivity index (χ1v) is 8.28. The summed E-state index contributed by atoms with van der Waals surface area (Å²) in [5.41, 5.74) is 4.10. The van der Waals surface area contributed by atoms with Gasteiger partial charge in [0.2, 0.25) is 0 Å². The molecule has 1 heterocycles. The van der Waals surface area contributed by atoms with Crippen molar-refractivity contribution in [1.29, 1.82) is 0 Å². The molecule has 1 amide bonds. The van der Waals surface area contributed by atoms with Gasteiger partial charge in [0.15, 0.2) is 11.5 Å². The van der Waals surface area contributed by atoms with Gasteiger partial charge in [-0.15, -0.1) is 10.2 Å². The number of para-hydroxylation sites is 1. The van der Waals surface area contributed by atoms with E-state index in [0.29, 0.717) is 11.5 Å². The smallest absolute Gasteiger partial charge is 0.276 e. The van der Waals surface area contributed by atoms with Crippen molar-refractivity contribution in [1.82, 2.24) is 10.2 Å². The standard InChI is InChI=1S/C20H21N5O/c1-14-6-4-5-7-17(14)22-19-13-12-18(23-24-19)20(26)21-15-8-10-16(11-9-15)25(2)3/h4-13H,1-3H3,(H,21,26)(H,22,24). The molecule has 0 fully saturated rings. The summed E-state index contributed by atoms with van der Waals surface area (Å²) in [7, 11) is 3.94. The molecule has 1 aromatic heterocycles. The number of nitrogens with zero attached hydrogens (tertiary/aromatic N) is 3. The summed E-state index contributed by atoms with van der Waals surface area (Å²) < 4.78 is 0. The van der Waals surface area contributed by atoms with Crippen LogP contribution in [-0.4, -0.2) is 30.2 Å². The molecule has 0 spiro atoms. The average Bonchev–Trinajstić information content (AvgIpc) is 2.64. The number of aryl methyl sites for hydroxylation is 1. The number of anilines is 4. The van der Waals surface area contributed by atoms with Crippen LogP contribution in [0.3, 0.4) is 0 Å². The van der Waals surface area contributed by atoms with Crippen molar-refractivity contribution in [3.63, 3.8) is 0 Å². The van der Waals surface area contributed by atoms with E-state index >= 15 is 0 Å². The van der Waals surface area contributed by atoms with E-state index in [1.54, 1.807) is 12.1 Å². The lowest BCUT2D eigenvalue weighted by Crippen LogP contribution is -2.15. The average molecular weight is 347 g/mol. The second-order valence-corrected chi connectivity index (χ2v) is 6.14. The highest BCUT2D eigenvalue weighted by Gasteiger charge is 2.09. The van der Waals surface area contributed by atoms with Crippen LogP contribution in [0.25, 0.3) is 0 Å². The molecule has 26 heavy (non-hydrogen) atoms. The highest BCUT2D eigenvalue weighted by molar-refractivity contribution is 6.02. The molecule has 132 valence electrons. The molecule has 0 saturated carbocycles. The van der Waals surface area contributed by atoms with Crippen molar-refractivity contribution < 1.29 is 4.79 Å². The molecule has 0 saturated heterocycles. The summed E-state index contributed by atoms with van der Waals surface area (Å²) in [6.45, 7) is 2.01. The lowest BCUT2D eigenvalue weighted by atomic mass is 10.2. The topological polar surface area (TPSA) is 70.2 Å². The molecular formula is C20H21N5O. The minimum absolute atomic E-state index is 0.261. The SMILES string of the molecule is Cc1ccccc1Nc1ccc(C(=O)Nc2ccc(N(C)C)cc2)nn1. The summed E-state index contributed by atoms with van der Waals surface area (Å²) in [5, 5.41) is 14.1. The van der Waals surface area contributed by atoms with E-state index in [1.165, 1.54) is 0 Å². The maximum Gasteiger partial charge on any atom is 0.276 e. The molecule has 2 N–H and O–H groups in total. The van der Waals surface area contributed by atoms with Gasteiger partial charge in [0, 0.05) is 31.2 Å². The van der Waals surface area contributed by atoms with Crippen LogP contribution in [0, 0.1) is 6.92 Å². The molecule has 6 heteroatoms. The van der Waals surface area contributed by atoms with Crippen molar-refractivity contribution in [2.45, 2.75) is 6.92 Å². The Labute approximate surface area is 152 Å². The Morgan fingerprint density at radius 3 is 2.27 bits per heavy atom. The van der Waals surface area contributed by atoms with E-state index in [0.717, 1.165) is 16.9 Å². The zero-order valence-electron chi connectivity index (χ0n) is 15.0. The number of nitrogens with one attached hydrogen (secondary N) is 2. The third kappa shape index (κ3) is 4.16. The largest absolute Gasteiger partial charge is 0.378 e. The minimum Gasteiger partial charge on any atom is -0.378 e. The second kappa shape index (κ2) is 7.65. The molecule has 0 aliphatic heterocycles. The summed E-state index contributed by atoms with van der Waals surface area (Å²) in [4.78, 5) is 14.3. The van der Waals surface area contributed by atoms with Gasteiger partial charge in [-0.1, -0.05) is 18.2 Å². The number of hydrogen-bond donors (Lipinski definition) is 2. The zero-order valence-corrected chi connectivity index (χ0v) is 15.0. The summed E-state index contributed by atoms with van der Waals surface area (Å²) in [6, 6.07) is 18.9. The van der Waals surface area contributed by atoms with E-state index in [4.69, 9.17) is 0 Å². The first-order chi connectivity index (χ1) is 12.5. The van der Waals surface area contributed by atoms with Gasteiger partial charge in [-0.05, 0) is 55.0 Å². The number of amides is 1. The number of carbonyl (C=O) groups excluding carboxylic acids is 1. The molecule has 0 atom stereocenters.